The van der Waals surface area contributed by atoms with Crippen molar-refractivity contribution in [3.05, 3.63) is 12.7 Å². The molecule has 1 aliphatic rings. The first kappa shape index (κ1) is 7.98. The number of hydrogen-bond acceptors (Lipinski definition) is 2. The van der Waals surface area contributed by atoms with Crippen molar-refractivity contribution in [1.82, 2.24) is 0 Å². The molecule has 0 aromatic heterocycles. The van der Waals surface area contributed by atoms with Gasteiger partial charge in [-0.3, -0.25) is 0 Å². The maximum Gasteiger partial charge on any atom is 0.170 e. The van der Waals surface area contributed by atoms with Gasteiger partial charge in [0.1, 0.15) is 0 Å². The topological polar surface area (TPSA) is 35.2 Å². The standard InChI is InChI=1S/C7H15NOSi/c1-4-5(8)6-7(2,3)10-9-6/h4-6H,1,8,10H2,2-3H3/t5-,6+/m0/s1. The van der Waals surface area contributed by atoms with E-state index in [4.69, 9.17) is 10.2 Å². The zero-order valence-electron chi connectivity index (χ0n) is 6.63. The quantitative estimate of drug-likeness (QED) is 0.458. The van der Waals surface area contributed by atoms with Crippen LogP contribution in [0.5, 0.6) is 0 Å². The second-order valence-corrected chi connectivity index (χ2v) is 5.98. The molecule has 0 spiro atoms. The summed E-state index contributed by atoms with van der Waals surface area (Å²) in [6.45, 7) is 8.08. The summed E-state index contributed by atoms with van der Waals surface area (Å²) in [7, 11) is -0.294. The molecule has 0 bridgehead atoms. The van der Waals surface area contributed by atoms with Crippen LogP contribution < -0.4 is 5.73 Å². The molecular formula is C7H15NOSi. The lowest BCUT2D eigenvalue weighted by Crippen LogP contribution is -2.54. The van der Waals surface area contributed by atoms with E-state index in [0.29, 0.717) is 5.04 Å². The third-order valence-electron chi connectivity index (χ3n) is 2.03. The molecular weight excluding hydrogens is 142 g/mol. The second kappa shape index (κ2) is 2.49. The van der Waals surface area contributed by atoms with Crippen molar-refractivity contribution in [2.24, 2.45) is 5.73 Å². The summed E-state index contributed by atoms with van der Waals surface area (Å²) in [5.41, 5.74) is 5.73. The fraction of sp³-hybridized carbons (Fsp3) is 0.714. The summed E-state index contributed by atoms with van der Waals surface area (Å²) < 4.78 is 5.44. The fourth-order valence-corrected chi connectivity index (χ4v) is 2.79. The number of hydrogen-bond donors (Lipinski definition) is 1. The highest BCUT2D eigenvalue weighted by molar-refractivity contribution is 6.36. The molecule has 0 aromatic rings. The number of nitrogens with two attached hydrogens (primary N) is 1. The van der Waals surface area contributed by atoms with E-state index in [0.717, 1.165) is 0 Å². The van der Waals surface area contributed by atoms with Gasteiger partial charge in [0.25, 0.3) is 0 Å². The molecule has 0 radical (unpaired) electrons. The van der Waals surface area contributed by atoms with Crippen molar-refractivity contribution >= 4 is 9.76 Å². The van der Waals surface area contributed by atoms with Crippen LogP contribution in [0.1, 0.15) is 13.8 Å². The molecule has 2 N–H and O–H groups in total. The van der Waals surface area contributed by atoms with Crippen molar-refractivity contribution in [1.29, 1.82) is 0 Å². The first-order valence-electron chi connectivity index (χ1n) is 3.57. The smallest absolute Gasteiger partial charge is 0.170 e. The van der Waals surface area contributed by atoms with E-state index in [9.17, 15) is 0 Å². The Morgan fingerprint density at radius 2 is 2.40 bits per heavy atom. The van der Waals surface area contributed by atoms with Crippen LogP contribution in [0.4, 0.5) is 0 Å². The minimum atomic E-state index is -0.294. The third-order valence-corrected chi connectivity index (χ3v) is 3.70. The van der Waals surface area contributed by atoms with E-state index in [1.54, 1.807) is 6.08 Å². The first-order chi connectivity index (χ1) is 4.58. The largest absolute Gasteiger partial charge is 0.418 e. The monoisotopic (exact) mass is 157 g/mol. The normalized spacial score (nSPS) is 34.9. The molecule has 1 saturated heterocycles. The van der Waals surface area contributed by atoms with Gasteiger partial charge in [-0.1, -0.05) is 19.9 Å². The molecule has 0 aromatic carbocycles. The first-order valence-corrected chi connectivity index (χ1v) is 4.86. The van der Waals surface area contributed by atoms with Crippen molar-refractivity contribution in [3.63, 3.8) is 0 Å². The second-order valence-electron chi connectivity index (χ2n) is 3.53. The molecule has 2 nitrogen and oxygen atoms in total. The van der Waals surface area contributed by atoms with Gasteiger partial charge in [-0.2, -0.15) is 0 Å². The lowest BCUT2D eigenvalue weighted by Gasteiger charge is -2.46. The average Bonchev–Trinajstić information content (AvgIpc) is 1.86. The van der Waals surface area contributed by atoms with Crippen LogP contribution in [0.2, 0.25) is 5.04 Å². The van der Waals surface area contributed by atoms with Crippen molar-refractivity contribution in [2.45, 2.75) is 31.0 Å². The van der Waals surface area contributed by atoms with Crippen LogP contribution in [0.15, 0.2) is 12.7 Å². The molecule has 58 valence electrons. The van der Waals surface area contributed by atoms with E-state index >= 15 is 0 Å². The maximum absolute atomic E-state index is 5.73. The van der Waals surface area contributed by atoms with Gasteiger partial charge in [0, 0.05) is 11.1 Å². The molecule has 1 heterocycles. The van der Waals surface area contributed by atoms with Gasteiger partial charge in [0.05, 0.1) is 6.10 Å². The Morgan fingerprint density at radius 1 is 1.80 bits per heavy atom. The summed E-state index contributed by atoms with van der Waals surface area (Å²) in [6, 6.07) is 0.0243. The van der Waals surface area contributed by atoms with Crippen LogP contribution in [0.3, 0.4) is 0 Å². The molecule has 0 saturated carbocycles. The number of rotatable bonds is 2. The molecule has 0 unspecified atom stereocenters. The van der Waals surface area contributed by atoms with Gasteiger partial charge in [-0.25, -0.2) is 0 Å². The van der Waals surface area contributed by atoms with E-state index in [-0.39, 0.29) is 21.9 Å². The Hall–Kier alpha value is -0.123. The highest BCUT2D eigenvalue weighted by Crippen LogP contribution is 2.40. The summed E-state index contributed by atoms with van der Waals surface area (Å²) in [4.78, 5) is 0. The predicted molar refractivity (Wildman–Crippen MR) is 45.6 cm³/mol. The van der Waals surface area contributed by atoms with Crippen molar-refractivity contribution in [3.8, 4) is 0 Å². The van der Waals surface area contributed by atoms with E-state index in [1.807, 2.05) is 0 Å². The third kappa shape index (κ3) is 1.17. The van der Waals surface area contributed by atoms with Gasteiger partial charge in [-0.15, -0.1) is 6.58 Å². The van der Waals surface area contributed by atoms with Gasteiger partial charge in [0.15, 0.2) is 9.76 Å². The maximum atomic E-state index is 5.73. The van der Waals surface area contributed by atoms with Gasteiger partial charge < -0.3 is 10.2 Å². The van der Waals surface area contributed by atoms with Crippen LogP contribution in [-0.2, 0) is 4.43 Å². The van der Waals surface area contributed by atoms with E-state index < -0.39 is 0 Å². The summed E-state index contributed by atoms with van der Waals surface area (Å²) in [5, 5.41) is 0.383. The Kier molecular flexibility index (Phi) is 1.99. The average molecular weight is 157 g/mol. The zero-order valence-corrected chi connectivity index (χ0v) is 8.05. The lowest BCUT2D eigenvalue weighted by molar-refractivity contribution is 0.0763. The van der Waals surface area contributed by atoms with Gasteiger partial charge >= 0.3 is 0 Å². The molecule has 10 heavy (non-hydrogen) atoms. The van der Waals surface area contributed by atoms with Crippen molar-refractivity contribution in [2.75, 3.05) is 0 Å². The summed E-state index contributed by atoms with van der Waals surface area (Å²) in [6.07, 6.45) is 2.00. The van der Waals surface area contributed by atoms with Crippen LogP contribution >= 0.6 is 0 Å². The summed E-state index contributed by atoms with van der Waals surface area (Å²) >= 11 is 0. The Labute approximate surface area is 64.4 Å². The molecule has 1 fully saturated rings. The van der Waals surface area contributed by atoms with Crippen LogP contribution in [0.25, 0.3) is 0 Å². The van der Waals surface area contributed by atoms with Crippen LogP contribution in [-0.4, -0.2) is 21.9 Å². The van der Waals surface area contributed by atoms with E-state index in [2.05, 4.69) is 20.4 Å². The van der Waals surface area contributed by atoms with E-state index in [1.165, 1.54) is 0 Å². The minimum absolute atomic E-state index is 0.0243. The molecule has 0 aliphatic carbocycles. The van der Waals surface area contributed by atoms with Gasteiger partial charge in [0.2, 0.25) is 0 Å². The Morgan fingerprint density at radius 3 is 2.50 bits per heavy atom. The molecule has 0 amide bonds. The Balaban J connectivity index is 2.50. The molecule has 1 rings (SSSR count). The minimum Gasteiger partial charge on any atom is -0.418 e. The zero-order chi connectivity index (χ0) is 7.78. The SMILES string of the molecule is C=C[C@H](N)[C@H]1O[SiH2]C1(C)C. The Bertz CT molecular complexity index is 147. The highest BCUT2D eigenvalue weighted by Gasteiger charge is 2.42. The van der Waals surface area contributed by atoms with Crippen LogP contribution in [0, 0.1) is 0 Å². The predicted octanol–water partition coefficient (Wildman–Crippen LogP) is 0.181. The van der Waals surface area contributed by atoms with Crippen molar-refractivity contribution < 1.29 is 4.43 Å². The molecule has 1 aliphatic heterocycles. The summed E-state index contributed by atoms with van der Waals surface area (Å²) in [5.74, 6) is 0. The molecule has 2 atom stereocenters. The lowest BCUT2D eigenvalue weighted by atomic mass is 9.99. The fourth-order valence-electron chi connectivity index (χ4n) is 1.27. The van der Waals surface area contributed by atoms with Gasteiger partial charge in [-0.05, 0) is 0 Å². The highest BCUT2D eigenvalue weighted by atomic mass is 28.2. The molecule has 3 heteroatoms.